The lowest BCUT2D eigenvalue weighted by molar-refractivity contribution is -0.102. The monoisotopic (exact) mass is 382 g/mol. The molecule has 2 fully saturated rings. The number of aldehydes is 1. The average molecular weight is 382 g/mol. The van der Waals surface area contributed by atoms with Crippen LogP contribution in [0.15, 0.2) is 42.5 Å². The van der Waals surface area contributed by atoms with Crippen LogP contribution in [0.25, 0.3) is 0 Å². The van der Waals surface area contributed by atoms with Crippen molar-refractivity contribution < 1.29 is 24.4 Å². The molecule has 0 amide bonds. The van der Waals surface area contributed by atoms with E-state index in [-0.39, 0.29) is 28.3 Å². The van der Waals surface area contributed by atoms with Crippen LogP contribution in [0, 0.1) is 17.3 Å². The smallest absolute Gasteiger partial charge is 0.220 e. The standard InChI is InChI=1S/C23H26O5/c1-15-8-11-21-22(2,3)23(21,13-15)26-17-9-10-20(18(25)12-17)28-27-19-7-5-4-6-16(19)14-24/h4-7,9-10,12,14-15,21,25H,8,11,13H2,1-3H3. The number of carbonyl (C=O) groups excluding carboxylic acids is 1. The number of ether oxygens (including phenoxy) is 1. The van der Waals surface area contributed by atoms with Crippen LogP contribution in [0.2, 0.25) is 0 Å². The van der Waals surface area contributed by atoms with Gasteiger partial charge in [-0.2, -0.15) is 0 Å². The summed E-state index contributed by atoms with van der Waals surface area (Å²) in [4.78, 5) is 21.5. The molecular formula is C23H26O5. The molecule has 4 rings (SSSR count). The molecule has 0 bridgehead atoms. The summed E-state index contributed by atoms with van der Waals surface area (Å²) in [6.07, 6.45) is 4.16. The number of carbonyl (C=O) groups is 1. The van der Waals surface area contributed by atoms with Gasteiger partial charge < -0.3 is 9.84 Å². The van der Waals surface area contributed by atoms with Crippen molar-refractivity contribution in [1.82, 2.24) is 0 Å². The molecule has 3 unspecified atom stereocenters. The van der Waals surface area contributed by atoms with Crippen molar-refractivity contribution in [3.05, 3.63) is 48.0 Å². The lowest BCUT2D eigenvalue weighted by Gasteiger charge is -2.29. The molecule has 2 aliphatic rings. The molecule has 0 radical (unpaired) electrons. The maximum Gasteiger partial charge on any atom is 0.220 e. The SMILES string of the molecule is CC1CCC2C(C)(C)C2(Oc2ccc(OOc3ccccc3C=O)c(O)c2)C1. The van der Waals surface area contributed by atoms with Gasteiger partial charge in [0.2, 0.25) is 5.75 Å². The van der Waals surface area contributed by atoms with Crippen LogP contribution in [0.5, 0.6) is 23.0 Å². The van der Waals surface area contributed by atoms with E-state index in [2.05, 4.69) is 20.8 Å². The highest BCUT2D eigenvalue weighted by atomic mass is 17.2. The van der Waals surface area contributed by atoms with E-state index in [1.807, 2.05) is 0 Å². The maximum atomic E-state index is 11.0. The molecule has 0 aliphatic heterocycles. The van der Waals surface area contributed by atoms with E-state index in [1.54, 1.807) is 42.5 Å². The number of hydrogen-bond donors (Lipinski definition) is 1. The van der Waals surface area contributed by atoms with Gasteiger partial charge in [0.15, 0.2) is 17.8 Å². The summed E-state index contributed by atoms with van der Waals surface area (Å²) in [6, 6.07) is 11.7. The normalized spacial score (nSPS) is 27.4. The van der Waals surface area contributed by atoms with E-state index in [0.29, 0.717) is 29.4 Å². The zero-order valence-corrected chi connectivity index (χ0v) is 16.5. The second-order valence-corrected chi connectivity index (χ2v) is 8.60. The molecule has 0 saturated heterocycles. The number of hydrogen-bond acceptors (Lipinski definition) is 5. The molecule has 5 heteroatoms. The summed E-state index contributed by atoms with van der Waals surface area (Å²) in [5.74, 6) is 2.20. The van der Waals surface area contributed by atoms with Crippen LogP contribution < -0.4 is 14.5 Å². The number of rotatable bonds is 6. The lowest BCUT2D eigenvalue weighted by atomic mass is 9.88. The molecule has 2 aliphatic carbocycles. The number of aromatic hydroxyl groups is 1. The summed E-state index contributed by atoms with van der Waals surface area (Å²) >= 11 is 0. The third kappa shape index (κ3) is 2.99. The molecular weight excluding hydrogens is 356 g/mol. The largest absolute Gasteiger partial charge is 0.504 e. The highest BCUT2D eigenvalue weighted by molar-refractivity contribution is 5.79. The van der Waals surface area contributed by atoms with Crippen molar-refractivity contribution in [3.63, 3.8) is 0 Å². The number of fused-ring (bicyclic) bond motifs is 1. The third-order valence-corrected chi connectivity index (χ3v) is 6.54. The molecule has 1 N–H and O–H groups in total. The summed E-state index contributed by atoms with van der Waals surface area (Å²) in [5, 5.41) is 10.4. The first-order valence-corrected chi connectivity index (χ1v) is 9.78. The van der Waals surface area contributed by atoms with Gasteiger partial charge in [-0.15, -0.1) is 0 Å². The molecule has 2 aromatic carbocycles. The predicted octanol–water partition coefficient (Wildman–Crippen LogP) is 5.17. The second-order valence-electron chi connectivity index (χ2n) is 8.60. The predicted molar refractivity (Wildman–Crippen MR) is 105 cm³/mol. The van der Waals surface area contributed by atoms with E-state index in [9.17, 15) is 9.90 Å². The van der Waals surface area contributed by atoms with Gasteiger partial charge in [-0.05, 0) is 43.0 Å². The van der Waals surface area contributed by atoms with Crippen molar-refractivity contribution in [2.45, 2.75) is 45.6 Å². The van der Waals surface area contributed by atoms with E-state index in [1.165, 1.54) is 12.8 Å². The van der Waals surface area contributed by atoms with Crippen molar-refractivity contribution >= 4 is 6.29 Å². The average Bonchev–Trinajstić information content (AvgIpc) is 3.14. The van der Waals surface area contributed by atoms with E-state index >= 15 is 0 Å². The Labute approximate surface area is 165 Å². The Bertz CT molecular complexity index is 890. The number of phenolic OH excluding ortho intramolecular Hbond substituents is 1. The summed E-state index contributed by atoms with van der Waals surface area (Å²) in [6.45, 7) is 6.81. The molecule has 2 saturated carbocycles. The lowest BCUT2D eigenvalue weighted by Crippen LogP contribution is -2.30. The number of phenols is 1. The molecule has 0 heterocycles. The molecule has 0 spiro atoms. The molecule has 3 atom stereocenters. The maximum absolute atomic E-state index is 11.0. The topological polar surface area (TPSA) is 65.0 Å². The van der Waals surface area contributed by atoms with Gasteiger partial charge in [-0.1, -0.05) is 39.3 Å². The van der Waals surface area contributed by atoms with Gasteiger partial charge in [0.1, 0.15) is 11.4 Å². The first-order chi connectivity index (χ1) is 13.4. The van der Waals surface area contributed by atoms with Crippen LogP contribution >= 0.6 is 0 Å². The van der Waals surface area contributed by atoms with Crippen LogP contribution in [0.1, 0.15) is 50.4 Å². The minimum atomic E-state index is -0.154. The van der Waals surface area contributed by atoms with Gasteiger partial charge >= 0.3 is 0 Å². The van der Waals surface area contributed by atoms with Gasteiger partial charge in [0, 0.05) is 17.4 Å². The Morgan fingerprint density at radius 2 is 1.82 bits per heavy atom. The number of para-hydroxylation sites is 1. The summed E-state index contributed by atoms with van der Waals surface area (Å²) < 4.78 is 6.43. The first-order valence-electron chi connectivity index (χ1n) is 9.78. The van der Waals surface area contributed by atoms with Gasteiger partial charge in [-0.25, -0.2) is 0 Å². The van der Waals surface area contributed by atoms with Crippen LogP contribution in [0.3, 0.4) is 0 Å². The minimum absolute atomic E-state index is 0.0728. The quantitative estimate of drug-likeness (QED) is 0.424. The van der Waals surface area contributed by atoms with Gasteiger partial charge in [0.05, 0.1) is 5.56 Å². The fourth-order valence-electron chi connectivity index (χ4n) is 4.82. The van der Waals surface area contributed by atoms with E-state index in [4.69, 9.17) is 14.5 Å². The Balaban J connectivity index is 1.47. The third-order valence-electron chi connectivity index (χ3n) is 6.54. The van der Waals surface area contributed by atoms with Crippen molar-refractivity contribution in [2.75, 3.05) is 0 Å². The Morgan fingerprint density at radius 3 is 2.57 bits per heavy atom. The van der Waals surface area contributed by atoms with Gasteiger partial charge in [0.25, 0.3) is 0 Å². The van der Waals surface area contributed by atoms with Gasteiger partial charge in [-0.3, -0.25) is 14.6 Å². The summed E-state index contributed by atoms with van der Waals surface area (Å²) in [7, 11) is 0. The molecule has 28 heavy (non-hydrogen) atoms. The molecule has 5 nitrogen and oxygen atoms in total. The van der Waals surface area contributed by atoms with Crippen molar-refractivity contribution in [1.29, 1.82) is 0 Å². The fraction of sp³-hybridized carbons (Fsp3) is 0.435. The van der Waals surface area contributed by atoms with Crippen LogP contribution in [-0.4, -0.2) is 17.0 Å². The zero-order chi connectivity index (χ0) is 19.9. The second kappa shape index (κ2) is 6.73. The molecule has 2 aromatic rings. The van der Waals surface area contributed by atoms with E-state index < -0.39 is 0 Å². The van der Waals surface area contributed by atoms with Crippen LogP contribution in [-0.2, 0) is 0 Å². The van der Waals surface area contributed by atoms with Crippen molar-refractivity contribution in [3.8, 4) is 23.0 Å². The summed E-state index contributed by atoms with van der Waals surface area (Å²) in [5.41, 5.74) is 0.359. The fourth-order valence-corrected chi connectivity index (χ4v) is 4.82. The zero-order valence-electron chi connectivity index (χ0n) is 16.5. The Hall–Kier alpha value is -2.69. The first kappa shape index (κ1) is 18.7. The highest BCUT2D eigenvalue weighted by Crippen LogP contribution is 2.70. The minimum Gasteiger partial charge on any atom is -0.504 e. The highest BCUT2D eigenvalue weighted by Gasteiger charge is 2.74. The van der Waals surface area contributed by atoms with Crippen LogP contribution in [0.4, 0.5) is 0 Å². The molecule has 148 valence electrons. The number of benzene rings is 2. The molecule has 0 aromatic heterocycles. The Kier molecular flexibility index (Phi) is 4.48. The van der Waals surface area contributed by atoms with E-state index in [0.717, 1.165) is 6.42 Å². The Morgan fingerprint density at radius 1 is 1.07 bits per heavy atom. The van der Waals surface area contributed by atoms with Crippen molar-refractivity contribution in [2.24, 2.45) is 17.3 Å².